The number of hydrogen-bond donors (Lipinski definition) is 2. The molecule has 6 saturated heterocycles. The first-order valence-electron chi connectivity index (χ1n) is 41.2. The van der Waals surface area contributed by atoms with Crippen molar-refractivity contribution in [2.24, 2.45) is 0 Å². The number of hydrogen-bond acceptors (Lipinski definition) is 24. The zero-order chi connectivity index (χ0) is 79.2. The molecule has 9 atom stereocenters. The molecular weight excluding hydrogens is 1640 g/mol. The minimum Gasteiger partial charge on any atom is -1.00 e. The smallest absolute Gasteiger partial charge is 1.00 e. The number of fused-ring (bicyclic) bond motifs is 9. The number of aryl methyl sites for hydroxylation is 3. The van der Waals surface area contributed by atoms with Gasteiger partial charge in [0, 0.05) is 87.4 Å². The van der Waals surface area contributed by atoms with Gasteiger partial charge in [-0.1, -0.05) is 99.9 Å². The Labute approximate surface area is 722 Å². The second-order valence-electron chi connectivity index (χ2n) is 32.4. The number of esters is 2. The molecule has 6 unspecified atom stereocenters. The third-order valence-corrected chi connectivity index (χ3v) is 24.5. The molecule has 6 bridgehead atoms. The number of carbonyl (C=O) groups excluding carboxylic acids is 2. The van der Waals surface area contributed by atoms with Gasteiger partial charge in [0.25, 0.3) is 0 Å². The molecule has 9 aromatic heterocycles. The van der Waals surface area contributed by atoms with Gasteiger partial charge in [-0.25, -0.2) is 42.9 Å². The summed E-state index contributed by atoms with van der Waals surface area (Å²) in [5, 5.41) is 40.2. The molecule has 28 nitrogen and oxygen atoms in total. The van der Waals surface area contributed by atoms with E-state index in [1.807, 2.05) is 36.4 Å². The van der Waals surface area contributed by atoms with Crippen LogP contribution in [0, 0.1) is 20.8 Å². The van der Waals surface area contributed by atoms with Crippen LogP contribution in [0.15, 0.2) is 141 Å². The number of rotatable bonds is 22. The van der Waals surface area contributed by atoms with E-state index in [1.54, 1.807) is 41.2 Å². The van der Waals surface area contributed by atoms with E-state index in [1.165, 1.54) is 70.4 Å². The number of nitrogens with zero attached hydrogens (tertiary/aromatic N) is 14. The molecule has 6 aliphatic heterocycles. The van der Waals surface area contributed by atoms with Crippen LogP contribution in [-0.4, -0.2) is 156 Å². The van der Waals surface area contributed by atoms with Crippen LogP contribution in [0.5, 0.6) is 0 Å². The van der Waals surface area contributed by atoms with Gasteiger partial charge in [0.05, 0.1) is 69.9 Å². The van der Waals surface area contributed by atoms with E-state index in [2.05, 4.69) is 132 Å². The van der Waals surface area contributed by atoms with Gasteiger partial charge in [0.2, 0.25) is 0 Å². The number of aromatic nitrogens is 12. The predicted molar refractivity (Wildman–Crippen MR) is 433 cm³/mol. The molecular formula is C88H97ClILiN15O13-. The Bertz CT molecular complexity index is 5560. The largest absolute Gasteiger partial charge is 1.00 e. The van der Waals surface area contributed by atoms with Crippen LogP contribution < -0.4 is 58.0 Å². The Kier molecular flexibility index (Phi) is 26.2. The normalized spacial score (nSPS) is 21.9. The number of carbonyl (C=O) groups is 3. The van der Waals surface area contributed by atoms with Crippen LogP contribution in [0.4, 0.5) is 11.6 Å². The molecule has 15 heterocycles. The predicted octanol–water partition coefficient (Wildman–Crippen LogP) is 10.2. The van der Waals surface area contributed by atoms with E-state index < -0.39 is 17.9 Å². The van der Waals surface area contributed by atoms with E-state index in [9.17, 15) is 19.5 Å². The second kappa shape index (κ2) is 36.9. The summed E-state index contributed by atoms with van der Waals surface area (Å²) in [5.74, 6) is 4.41. The maximum absolute atomic E-state index is 12.1. The average Bonchev–Trinajstić information content (AvgIpc) is 1.64. The summed E-state index contributed by atoms with van der Waals surface area (Å²) < 4.78 is 51.7. The van der Waals surface area contributed by atoms with Crippen molar-refractivity contribution < 1.29 is 105 Å². The molecule has 31 heteroatoms. The Balaban J connectivity index is 0.000000129. The summed E-state index contributed by atoms with van der Waals surface area (Å²) in [6.07, 6.45) is 25.5. The molecule has 9 fully saturated rings. The molecule has 0 radical (unpaired) electrons. The van der Waals surface area contributed by atoms with Crippen LogP contribution in [0.1, 0.15) is 229 Å². The van der Waals surface area contributed by atoms with Gasteiger partial charge in [-0.3, -0.25) is 0 Å². The third-order valence-electron chi connectivity index (χ3n) is 24.3. The molecule has 3 aliphatic carbocycles. The number of carboxylic acids is 1. The summed E-state index contributed by atoms with van der Waals surface area (Å²) >= 11 is 5.69. The first kappa shape index (κ1) is 84.6. The van der Waals surface area contributed by atoms with Crippen LogP contribution in [-0.2, 0) is 43.5 Å². The van der Waals surface area contributed by atoms with Gasteiger partial charge in [-0.15, -0.1) is 10.2 Å². The number of carboxylic acid groups (broad SMARTS) is 1. The molecule has 9 aliphatic rings. The molecule has 12 aromatic rings. The van der Waals surface area contributed by atoms with Crippen LogP contribution in [0.3, 0.4) is 0 Å². The number of piperidine rings is 3. The van der Waals surface area contributed by atoms with Crippen molar-refractivity contribution in [3.8, 4) is 33.8 Å². The van der Waals surface area contributed by atoms with Gasteiger partial charge < -0.3 is 86.9 Å². The van der Waals surface area contributed by atoms with Gasteiger partial charge in [0.15, 0.2) is 34.0 Å². The Morgan fingerprint density at radius 1 is 0.454 bits per heavy atom. The maximum atomic E-state index is 12.1. The van der Waals surface area contributed by atoms with Crippen molar-refractivity contribution >= 4 is 58.1 Å². The second-order valence-corrected chi connectivity index (χ2v) is 32.8. The first-order valence-corrected chi connectivity index (χ1v) is 41.6. The zero-order valence-corrected chi connectivity index (χ0v) is 70.6. The first-order chi connectivity index (χ1) is 56.6. The van der Waals surface area contributed by atoms with Gasteiger partial charge in [0.1, 0.15) is 51.2 Å². The standard InChI is InChI=1S/C30H33N5O4.C28H29N5O4.C21H26N2O2.C9H8ClN3O2.HI.Li.H2O/c1-3-37-30(36)25-16-34-26(31-25)12-13-27(32-34)35-20-10-11-21(35)15-22(14-20)38-17-24-28(23-7-5-4-6-18(23)2)33-39-29(24)19-8-9-19;1-16-4-2-3-5-21(16)26-22(27(37-31-26)17-6-7-17)15-36-20-12-18-8-9-19(13-20)33(18)25-11-10-24-29-23(28(34)35)14-32(24)30-25;1-13-4-2-3-5-18(13)20-19(21(25-23-20)14-6-7-14)12-24-17-10-15-8-9-16(11-17)22-15;1-2-15-9(14)6-5-13-8(11-6)4-3-7(10)12-13;;;/h4-7,12-13,16,19-22H,3,8-11,14-15,17H2,1-2H3;2-5,10-11,14,17-20H,6-9,12-13,15H2,1H3,(H,34,35);2-5,14-17,22H,6-12H2,1H3;3-5H,2H2,1H3;1H;;1H2/q;;;;;+1;/p-2/t20-,21?,22?;18-,19?,20?;15-,16?,17?;;;;/m000..../s1. The summed E-state index contributed by atoms with van der Waals surface area (Å²) in [7, 11) is 0. The van der Waals surface area contributed by atoms with E-state index in [0.717, 1.165) is 158 Å². The van der Waals surface area contributed by atoms with Crippen molar-refractivity contribution in [1.29, 1.82) is 0 Å². The van der Waals surface area contributed by atoms with Crippen molar-refractivity contribution in [2.45, 2.75) is 242 Å². The fourth-order valence-electron chi connectivity index (χ4n) is 18.1. The van der Waals surface area contributed by atoms with Gasteiger partial charge >= 0.3 is 36.8 Å². The molecule has 3 N–H and O–H groups in total. The van der Waals surface area contributed by atoms with Crippen LogP contribution in [0.2, 0.25) is 5.15 Å². The number of ether oxygens (including phenoxy) is 5. The van der Waals surface area contributed by atoms with Crippen LogP contribution in [0.25, 0.3) is 50.7 Å². The summed E-state index contributed by atoms with van der Waals surface area (Å²) in [4.78, 5) is 52.1. The fraction of sp³-hybridized carbons (Fsp3) is 0.455. The van der Waals surface area contributed by atoms with Crippen molar-refractivity contribution in [2.75, 3.05) is 23.0 Å². The SMILES string of the molecule is CCOC(=O)c1cn2nc(Cl)ccc2n1.CCOC(=O)c1cn2nc(N3C4CC[C@H]3CC(OCc3c(-c5ccccc5C)noc3C3CC3)C4)ccc2n1.Cc1ccccc1-c1noc(C2CC2)c1COC1CC2CC[C@@H](C1)N2.Cc1ccccc1-c1noc(C2CC2)c1COC1CC2CC[C@@H](C1)N2c1ccc2nc(C(=O)O)cn2n1.[I-].[Li+].[OH-]. The van der Waals surface area contributed by atoms with E-state index >= 15 is 0 Å². The molecule has 21 rings (SSSR count). The third kappa shape index (κ3) is 18.4. The number of nitrogens with one attached hydrogen (secondary N) is 1. The topological polar surface area (TPSA) is 335 Å². The fourth-order valence-corrected chi connectivity index (χ4v) is 18.3. The minimum atomic E-state index is -1.05. The number of imidazole rings is 3. The molecule has 0 amide bonds. The summed E-state index contributed by atoms with van der Waals surface area (Å²) in [5.41, 5.74) is 15.5. The Morgan fingerprint density at radius 3 is 1.14 bits per heavy atom. The summed E-state index contributed by atoms with van der Waals surface area (Å²) in [6.45, 7) is 12.2. The van der Waals surface area contributed by atoms with Gasteiger partial charge in [-0.2, -0.15) is 5.10 Å². The number of anilines is 2. The molecule has 0 spiro atoms. The number of benzene rings is 3. The van der Waals surface area contributed by atoms with Crippen molar-refractivity contribution in [3.05, 3.63) is 201 Å². The zero-order valence-electron chi connectivity index (χ0n) is 67.7. The van der Waals surface area contributed by atoms with Crippen LogP contribution >= 0.6 is 11.6 Å². The molecule has 3 saturated carbocycles. The quantitative estimate of drug-likeness (QED) is 0.0362. The minimum absolute atomic E-state index is 0. The molecule has 618 valence electrons. The average molecular weight is 1740 g/mol. The summed E-state index contributed by atoms with van der Waals surface area (Å²) in [6, 6.07) is 38.8. The van der Waals surface area contributed by atoms with Crippen molar-refractivity contribution in [3.63, 3.8) is 0 Å². The molecule has 3 aromatic carbocycles. The number of halogens is 2. The Hall–Kier alpha value is -9.42. The van der Waals surface area contributed by atoms with E-state index in [-0.39, 0.29) is 77.6 Å². The van der Waals surface area contributed by atoms with E-state index in [4.69, 9.17) is 59.1 Å². The monoisotopic (exact) mass is 1740 g/mol. The van der Waals surface area contributed by atoms with E-state index in [0.29, 0.717) is 115 Å². The molecule has 119 heavy (non-hydrogen) atoms. The Morgan fingerprint density at radius 2 is 0.790 bits per heavy atom. The number of aromatic carboxylic acids is 1. The van der Waals surface area contributed by atoms with Crippen molar-refractivity contribution in [1.82, 2.24) is 64.6 Å². The van der Waals surface area contributed by atoms with Gasteiger partial charge in [-0.05, 0) is 203 Å². The maximum Gasteiger partial charge on any atom is 1.00 e.